The SMILES string of the molecule is CCNC(=O)c1nn(Cc2ccc(Cl)cc2Cl)c2ccccc12.[CH3-]. The molecule has 1 N–H and O–H groups in total. The molecule has 0 aliphatic heterocycles. The first-order chi connectivity index (χ1) is 11.1. The van der Waals surface area contributed by atoms with Gasteiger partial charge in [0.15, 0.2) is 5.69 Å². The van der Waals surface area contributed by atoms with E-state index in [1.54, 1.807) is 16.8 Å². The number of nitrogens with one attached hydrogen (secondary N) is 1. The Morgan fingerprint density at radius 3 is 2.67 bits per heavy atom. The molecule has 0 saturated heterocycles. The number of para-hydroxylation sites is 1. The molecule has 126 valence electrons. The third-order valence-corrected chi connectivity index (χ3v) is 4.13. The number of carbonyl (C=O) groups excluding carboxylic acids is 1. The van der Waals surface area contributed by atoms with Crippen LogP contribution in [-0.2, 0) is 6.54 Å². The van der Waals surface area contributed by atoms with E-state index in [0.29, 0.717) is 28.8 Å². The van der Waals surface area contributed by atoms with E-state index in [1.807, 2.05) is 37.3 Å². The highest BCUT2D eigenvalue weighted by Gasteiger charge is 2.16. The minimum atomic E-state index is -0.176. The van der Waals surface area contributed by atoms with Gasteiger partial charge in [-0.05, 0) is 30.7 Å². The number of rotatable bonds is 4. The lowest BCUT2D eigenvalue weighted by atomic mass is 10.2. The van der Waals surface area contributed by atoms with Gasteiger partial charge in [-0.15, -0.1) is 0 Å². The fraction of sp³-hybridized carbons (Fsp3) is 0.167. The van der Waals surface area contributed by atoms with E-state index in [1.165, 1.54) is 0 Å². The van der Waals surface area contributed by atoms with Crippen LogP contribution >= 0.6 is 23.2 Å². The van der Waals surface area contributed by atoms with Crippen LogP contribution in [0.1, 0.15) is 23.0 Å². The standard InChI is InChI=1S/C17H15Cl2N3O.CH3/c1-2-20-17(23)16-13-5-3-4-6-15(13)22(21-16)10-11-7-8-12(18)9-14(11)19;/h3-9H,2,10H2,1H3,(H,20,23);1H3/q;-1. The van der Waals surface area contributed by atoms with Crippen molar-refractivity contribution in [1.82, 2.24) is 15.1 Å². The number of benzene rings is 2. The lowest BCUT2D eigenvalue weighted by Crippen LogP contribution is -2.23. The van der Waals surface area contributed by atoms with Gasteiger partial charge in [0, 0.05) is 22.0 Å². The molecule has 1 aromatic heterocycles. The fourth-order valence-electron chi connectivity index (χ4n) is 2.47. The van der Waals surface area contributed by atoms with E-state index in [0.717, 1.165) is 16.5 Å². The summed E-state index contributed by atoms with van der Waals surface area (Å²) >= 11 is 12.2. The lowest BCUT2D eigenvalue weighted by molar-refractivity contribution is 0.0951. The van der Waals surface area contributed by atoms with Gasteiger partial charge in [-0.25, -0.2) is 0 Å². The molecule has 0 aliphatic rings. The molecule has 0 fully saturated rings. The van der Waals surface area contributed by atoms with Gasteiger partial charge in [0.1, 0.15) is 0 Å². The second-order valence-electron chi connectivity index (χ2n) is 5.12. The zero-order valence-electron chi connectivity index (χ0n) is 13.5. The average Bonchev–Trinajstić information content (AvgIpc) is 2.89. The molecular weight excluding hydrogens is 345 g/mol. The molecular formula is C18H18Cl2N3O-. The van der Waals surface area contributed by atoms with Crippen LogP contribution in [0.5, 0.6) is 0 Å². The highest BCUT2D eigenvalue weighted by molar-refractivity contribution is 6.35. The Morgan fingerprint density at radius 1 is 1.21 bits per heavy atom. The first kappa shape index (κ1) is 18.3. The molecule has 3 rings (SSSR count). The van der Waals surface area contributed by atoms with E-state index in [-0.39, 0.29) is 13.3 Å². The lowest BCUT2D eigenvalue weighted by Gasteiger charge is -2.06. The topological polar surface area (TPSA) is 46.9 Å². The van der Waals surface area contributed by atoms with Crippen LogP contribution in [0.4, 0.5) is 0 Å². The molecule has 0 spiro atoms. The number of nitrogens with zero attached hydrogens (tertiary/aromatic N) is 2. The molecule has 3 aromatic rings. The van der Waals surface area contributed by atoms with E-state index < -0.39 is 0 Å². The summed E-state index contributed by atoms with van der Waals surface area (Å²) in [6.45, 7) is 2.91. The summed E-state index contributed by atoms with van der Waals surface area (Å²) in [6.07, 6.45) is 0. The molecule has 6 heteroatoms. The molecule has 0 unspecified atom stereocenters. The number of hydrogen-bond donors (Lipinski definition) is 1. The van der Waals surface area contributed by atoms with Crippen LogP contribution in [0.3, 0.4) is 0 Å². The maximum absolute atomic E-state index is 12.2. The van der Waals surface area contributed by atoms with Crippen molar-refractivity contribution >= 4 is 40.0 Å². The Morgan fingerprint density at radius 2 is 1.96 bits per heavy atom. The van der Waals surface area contributed by atoms with E-state index >= 15 is 0 Å². The third-order valence-electron chi connectivity index (χ3n) is 3.55. The van der Waals surface area contributed by atoms with Gasteiger partial charge in [-0.2, -0.15) is 5.10 Å². The van der Waals surface area contributed by atoms with Gasteiger partial charge >= 0.3 is 0 Å². The third kappa shape index (κ3) is 3.55. The monoisotopic (exact) mass is 362 g/mol. The van der Waals surface area contributed by atoms with Crippen molar-refractivity contribution in [2.24, 2.45) is 0 Å². The van der Waals surface area contributed by atoms with Crippen molar-refractivity contribution in [2.45, 2.75) is 13.5 Å². The van der Waals surface area contributed by atoms with Gasteiger partial charge in [0.05, 0.1) is 12.1 Å². The number of fused-ring (bicyclic) bond motifs is 1. The van der Waals surface area contributed by atoms with Crippen molar-refractivity contribution in [3.8, 4) is 0 Å². The van der Waals surface area contributed by atoms with Crippen LogP contribution in [0.25, 0.3) is 10.9 Å². The molecule has 1 heterocycles. The van der Waals surface area contributed by atoms with Crippen LogP contribution in [0.2, 0.25) is 10.0 Å². The summed E-state index contributed by atoms with van der Waals surface area (Å²) in [5.41, 5.74) is 2.21. The molecule has 0 aliphatic carbocycles. The number of aromatic nitrogens is 2. The highest BCUT2D eigenvalue weighted by atomic mass is 35.5. The van der Waals surface area contributed by atoms with Crippen molar-refractivity contribution in [3.63, 3.8) is 0 Å². The van der Waals surface area contributed by atoms with Gasteiger partial charge in [-0.1, -0.05) is 47.5 Å². The molecule has 0 saturated carbocycles. The fourth-order valence-corrected chi connectivity index (χ4v) is 2.94. The van der Waals surface area contributed by atoms with Crippen LogP contribution in [0, 0.1) is 7.43 Å². The highest BCUT2D eigenvalue weighted by Crippen LogP contribution is 2.24. The van der Waals surface area contributed by atoms with Crippen molar-refractivity contribution in [1.29, 1.82) is 0 Å². The summed E-state index contributed by atoms with van der Waals surface area (Å²) in [5.74, 6) is -0.176. The number of hydrogen-bond acceptors (Lipinski definition) is 2. The summed E-state index contributed by atoms with van der Waals surface area (Å²) in [6, 6.07) is 13.0. The summed E-state index contributed by atoms with van der Waals surface area (Å²) < 4.78 is 1.79. The van der Waals surface area contributed by atoms with Gasteiger partial charge in [-0.3, -0.25) is 9.48 Å². The molecule has 4 nitrogen and oxygen atoms in total. The summed E-state index contributed by atoms with van der Waals surface area (Å²) in [5, 5.41) is 9.26. The largest absolute Gasteiger partial charge is 0.358 e. The van der Waals surface area contributed by atoms with Gasteiger partial charge in [0.25, 0.3) is 5.91 Å². The van der Waals surface area contributed by atoms with Crippen LogP contribution in [0.15, 0.2) is 42.5 Å². The predicted molar refractivity (Wildman–Crippen MR) is 99.7 cm³/mol. The molecule has 2 aromatic carbocycles. The molecule has 24 heavy (non-hydrogen) atoms. The maximum Gasteiger partial charge on any atom is 0.272 e. The van der Waals surface area contributed by atoms with Crippen molar-refractivity contribution < 1.29 is 4.79 Å². The zero-order valence-corrected chi connectivity index (χ0v) is 15.0. The molecule has 0 bridgehead atoms. The number of amides is 1. The number of carbonyl (C=O) groups is 1. The molecule has 0 atom stereocenters. The second-order valence-corrected chi connectivity index (χ2v) is 5.96. The zero-order chi connectivity index (χ0) is 16.4. The van der Waals surface area contributed by atoms with Crippen LogP contribution < -0.4 is 5.32 Å². The van der Waals surface area contributed by atoms with E-state index in [4.69, 9.17) is 23.2 Å². The number of halogens is 2. The molecule has 1 amide bonds. The summed E-state index contributed by atoms with van der Waals surface area (Å²) in [7, 11) is 0. The van der Waals surface area contributed by atoms with Crippen LogP contribution in [-0.4, -0.2) is 22.2 Å². The summed E-state index contributed by atoms with van der Waals surface area (Å²) in [4.78, 5) is 12.2. The Balaban J connectivity index is 0.00000208. The predicted octanol–water partition coefficient (Wildman–Crippen LogP) is 4.59. The quantitative estimate of drug-likeness (QED) is 0.689. The Kier molecular flexibility index (Phi) is 5.86. The van der Waals surface area contributed by atoms with Gasteiger partial charge in [0.2, 0.25) is 0 Å². The first-order valence-corrected chi connectivity index (χ1v) is 8.03. The minimum absolute atomic E-state index is 0. The van der Waals surface area contributed by atoms with E-state index in [2.05, 4.69) is 10.4 Å². The van der Waals surface area contributed by atoms with Gasteiger partial charge < -0.3 is 12.7 Å². The first-order valence-electron chi connectivity index (χ1n) is 7.28. The van der Waals surface area contributed by atoms with Crippen molar-refractivity contribution in [3.05, 3.63) is 71.2 Å². The Labute approximate surface area is 151 Å². The second kappa shape index (κ2) is 7.69. The smallest absolute Gasteiger partial charge is 0.272 e. The maximum atomic E-state index is 12.2. The normalized spacial score (nSPS) is 10.5. The molecule has 0 radical (unpaired) electrons. The van der Waals surface area contributed by atoms with Crippen molar-refractivity contribution in [2.75, 3.05) is 6.54 Å². The Bertz CT molecular complexity index is 874. The average molecular weight is 363 g/mol. The van der Waals surface area contributed by atoms with E-state index in [9.17, 15) is 4.79 Å². The Hall–Kier alpha value is -2.04. The minimum Gasteiger partial charge on any atom is -0.358 e.